The third-order valence-corrected chi connectivity index (χ3v) is 4.99. The first-order valence-corrected chi connectivity index (χ1v) is 9.21. The lowest BCUT2D eigenvalue weighted by Crippen LogP contribution is -2.21. The third-order valence-electron chi connectivity index (χ3n) is 4.75. The summed E-state index contributed by atoms with van der Waals surface area (Å²) in [6.07, 6.45) is 0.578. The van der Waals surface area contributed by atoms with Crippen LogP contribution in [0.1, 0.15) is 37.3 Å². The van der Waals surface area contributed by atoms with Gasteiger partial charge >= 0.3 is 0 Å². The molecule has 0 spiro atoms. The van der Waals surface area contributed by atoms with E-state index in [1.807, 2.05) is 31.2 Å². The highest BCUT2D eigenvalue weighted by molar-refractivity contribution is 6.30. The lowest BCUT2D eigenvalue weighted by Gasteiger charge is -2.13. The summed E-state index contributed by atoms with van der Waals surface area (Å²) in [5.41, 5.74) is 3.56. The Morgan fingerprint density at radius 1 is 1.00 bits per heavy atom. The zero-order chi connectivity index (χ0) is 18.8. The van der Waals surface area contributed by atoms with Gasteiger partial charge in [-0.3, -0.25) is 9.59 Å². The van der Waals surface area contributed by atoms with E-state index >= 15 is 0 Å². The zero-order valence-electron chi connectivity index (χ0n) is 15.2. The van der Waals surface area contributed by atoms with Crippen LogP contribution in [0.2, 0.25) is 5.02 Å². The van der Waals surface area contributed by atoms with Crippen LogP contribution >= 0.6 is 11.6 Å². The van der Waals surface area contributed by atoms with Crippen molar-refractivity contribution in [3.05, 3.63) is 58.6 Å². The van der Waals surface area contributed by atoms with Crippen molar-refractivity contribution in [2.24, 2.45) is 11.8 Å². The maximum atomic E-state index is 12.5. The molecular formula is C21H23ClN2O2. The molecule has 3 rings (SSSR count). The SMILES string of the molecule is Cc1cc(Cl)ccc1NC(=O)C1CC1C(=O)Nc1ccccc1C(C)C. The third kappa shape index (κ3) is 4.07. The highest BCUT2D eigenvalue weighted by atomic mass is 35.5. The number of nitrogens with one attached hydrogen (secondary N) is 2. The Balaban J connectivity index is 1.61. The molecule has 5 heteroatoms. The van der Waals surface area contributed by atoms with Gasteiger partial charge < -0.3 is 10.6 Å². The molecule has 2 N–H and O–H groups in total. The van der Waals surface area contributed by atoms with Gasteiger partial charge in [-0.2, -0.15) is 0 Å². The van der Waals surface area contributed by atoms with Gasteiger partial charge in [0, 0.05) is 16.4 Å². The Kier molecular flexibility index (Phi) is 5.33. The van der Waals surface area contributed by atoms with E-state index in [0.717, 1.165) is 22.5 Å². The Labute approximate surface area is 158 Å². The standard InChI is InChI=1S/C21H23ClN2O2/c1-12(2)15-6-4-5-7-19(15)24-21(26)17-11-16(17)20(25)23-18-9-8-14(22)10-13(18)3/h4-10,12,16-17H,11H2,1-3H3,(H,23,25)(H,24,26). The second kappa shape index (κ2) is 7.50. The molecule has 0 aliphatic heterocycles. The normalized spacial score (nSPS) is 18.5. The van der Waals surface area contributed by atoms with Crippen LogP contribution in [0.3, 0.4) is 0 Å². The quantitative estimate of drug-likeness (QED) is 0.779. The molecule has 2 aromatic carbocycles. The molecule has 26 heavy (non-hydrogen) atoms. The van der Waals surface area contributed by atoms with Crippen molar-refractivity contribution in [2.45, 2.75) is 33.1 Å². The Bertz CT molecular complexity index is 848. The number of hydrogen-bond acceptors (Lipinski definition) is 2. The predicted octanol–water partition coefficient (Wildman–Crippen LogP) is 4.99. The van der Waals surface area contributed by atoms with Gasteiger partial charge in [0.2, 0.25) is 11.8 Å². The fourth-order valence-electron chi connectivity index (χ4n) is 3.11. The zero-order valence-corrected chi connectivity index (χ0v) is 15.9. The number of aryl methyl sites for hydroxylation is 1. The molecule has 2 atom stereocenters. The Hall–Kier alpha value is -2.33. The summed E-state index contributed by atoms with van der Waals surface area (Å²) in [5, 5.41) is 6.52. The molecule has 4 nitrogen and oxygen atoms in total. The summed E-state index contributed by atoms with van der Waals surface area (Å²) in [7, 11) is 0. The van der Waals surface area contributed by atoms with Crippen LogP contribution in [-0.4, -0.2) is 11.8 Å². The number of para-hydroxylation sites is 1. The van der Waals surface area contributed by atoms with Gasteiger partial charge in [-0.1, -0.05) is 43.6 Å². The lowest BCUT2D eigenvalue weighted by atomic mass is 10.0. The van der Waals surface area contributed by atoms with Gasteiger partial charge in [0.25, 0.3) is 0 Å². The minimum atomic E-state index is -0.281. The molecule has 1 aliphatic carbocycles. The molecule has 2 amide bonds. The largest absolute Gasteiger partial charge is 0.326 e. The number of carbonyl (C=O) groups is 2. The maximum absolute atomic E-state index is 12.5. The average Bonchev–Trinajstić information content (AvgIpc) is 3.38. The van der Waals surface area contributed by atoms with Crippen molar-refractivity contribution in [2.75, 3.05) is 10.6 Å². The summed E-state index contributed by atoms with van der Waals surface area (Å²) in [5.74, 6) is -0.449. The molecule has 2 aromatic rings. The first-order chi connectivity index (χ1) is 12.4. The van der Waals surface area contributed by atoms with Crippen molar-refractivity contribution >= 4 is 34.8 Å². The van der Waals surface area contributed by atoms with Crippen LogP contribution in [-0.2, 0) is 9.59 Å². The van der Waals surface area contributed by atoms with E-state index < -0.39 is 0 Å². The molecule has 0 bridgehead atoms. The first-order valence-electron chi connectivity index (χ1n) is 8.83. The van der Waals surface area contributed by atoms with Crippen LogP contribution in [0.25, 0.3) is 0 Å². The van der Waals surface area contributed by atoms with Crippen LogP contribution < -0.4 is 10.6 Å². The molecule has 0 radical (unpaired) electrons. The summed E-state index contributed by atoms with van der Waals surface area (Å²) in [4.78, 5) is 25.0. The fourth-order valence-corrected chi connectivity index (χ4v) is 3.33. The topological polar surface area (TPSA) is 58.2 Å². The highest BCUT2D eigenvalue weighted by Gasteiger charge is 2.48. The Morgan fingerprint density at radius 2 is 1.62 bits per heavy atom. The van der Waals surface area contributed by atoms with Crippen molar-refractivity contribution in [3.63, 3.8) is 0 Å². The number of benzene rings is 2. The second-order valence-electron chi connectivity index (χ2n) is 7.13. The Morgan fingerprint density at radius 3 is 2.23 bits per heavy atom. The van der Waals surface area contributed by atoms with Crippen molar-refractivity contribution < 1.29 is 9.59 Å². The second-order valence-corrected chi connectivity index (χ2v) is 7.56. The van der Waals surface area contributed by atoms with E-state index in [4.69, 9.17) is 11.6 Å². The van der Waals surface area contributed by atoms with E-state index in [1.165, 1.54) is 0 Å². The smallest absolute Gasteiger partial charge is 0.228 e. The van der Waals surface area contributed by atoms with Gasteiger partial charge in [0.15, 0.2) is 0 Å². The molecule has 2 unspecified atom stereocenters. The van der Waals surface area contributed by atoms with Gasteiger partial charge in [-0.05, 0) is 54.7 Å². The number of hydrogen-bond donors (Lipinski definition) is 2. The number of rotatable bonds is 5. The van der Waals surface area contributed by atoms with Crippen LogP contribution in [0.4, 0.5) is 11.4 Å². The number of anilines is 2. The molecule has 0 saturated heterocycles. The fraction of sp³-hybridized carbons (Fsp3) is 0.333. The van der Waals surface area contributed by atoms with Gasteiger partial charge in [-0.25, -0.2) is 0 Å². The minimum Gasteiger partial charge on any atom is -0.326 e. The molecular weight excluding hydrogens is 348 g/mol. The molecule has 136 valence electrons. The van der Waals surface area contributed by atoms with Crippen molar-refractivity contribution in [1.82, 2.24) is 0 Å². The number of halogens is 1. The van der Waals surface area contributed by atoms with E-state index in [0.29, 0.717) is 17.4 Å². The average molecular weight is 371 g/mol. The van der Waals surface area contributed by atoms with Crippen LogP contribution in [0.5, 0.6) is 0 Å². The monoisotopic (exact) mass is 370 g/mol. The predicted molar refractivity (Wildman–Crippen MR) is 106 cm³/mol. The van der Waals surface area contributed by atoms with Crippen molar-refractivity contribution in [3.8, 4) is 0 Å². The van der Waals surface area contributed by atoms with Crippen molar-refractivity contribution in [1.29, 1.82) is 0 Å². The van der Waals surface area contributed by atoms with E-state index in [1.54, 1.807) is 18.2 Å². The molecule has 0 heterocycles. The van der Waals surface area contributed by atoms with Gasteiger partial charge in [0.1, 0.15) is 0 Å². The van der Waals surface area contributed by atoms with E-state index in [-0.39, 0.29) is 23.7 Å². The van der Waals surface area contributed by atoms with Crippen LogP contribution in [0, 0.1) is 18.8 Å². The summed E-state index contributed by atoms with van der Waals surface area (Å²) >= 11 is 5.94. The van der Waals surface area contributed by atoms with Gasteiger partial charge in [-0.15, -0.1) is 0 Å². The van der Waals surface area contributed by atoms with E-state index in [2.05, 4.69) is 24.5 Å². The number of amides is 2. The van der Waals surface area contributed by atoms with E-state index in [9.17, 15) is 9.59 Å². The lowest BCUT2D eigenvalue weighted by molar-refractivity contribution is -0.122. The molecule has 1 aliphatic rings. The highest BCUT2D eigenvalue weighted by Crippen LogP contribution is 2.41. The number of carbonyl (C=O) groups excluding carboxylic acids is 2. The minimum absolute atomic E-state index is 0.0916. The maximum Gasteiger partial charge on any atom is 0.228 e. The summed E-state index contributed by atoms with van der Waals surface area (Å²) in [6.45, 7) is 6.07. The summed E-state index contributed by atoms with van der Waals surface area (Å²) in [6, 6.07) is 13.1. The van der Waals surface area contributed by atoms with Crippen LogP contribution in [0.15, 0.2) is 42.5 Å². The van der Waals surface area contributed by atoms with Gasteiger partial charge in [0.05, 0.1) is 11.8 Å². The summed E-state index contributed by atoms with van der Waals surface area (Å²) < 4.78 is 0. The molecule has 0 aromatic heterocycles. The first kappa shape index (κ1) is 18.5. The molecule has 1 saturated carbocycles. The molecule has 1 fully saturated rings.